The van der Waals surface area contributed by atoms with Crippen LogP contribution in [0.4, 0.5) is 0 Å². The summed E-state index contributed by atoms with van der Waals surface area (Å²) in [7, 11) is 0. The Labute approximate surface area is 56.4 Å². The molecule has 0 radical (unpaired) electrons. The molecule has 1 saturated heterocycles. The number of ether oxygens (including phenoxy) is 1. The molecule has 1 aliphatic carbocycles. The Morgan fingerprint density at radius 1 is 1.00 bits per heavy atom. The molecule has 9 heavy (non-hydrogen) atoms. The molecular formula is C8H14O. The summed E-state index contributed by atoms with van der Waals surface area (Å²) in [5.41, 5.74) is 0. The van der Waals surface area contributed by atoms with Gasteiger partial charge in [0.1, 0.15) is 0 Å². The fourth-order valence-corrected chi connectivity index (χ4v) is 1.83. The molecular weight excluding hydrogens is 112 g/mol. The Kier molecular flexibility index (Phi) is 1.46. The SMILES string of the molecule is C1CCC2CCC2OC1. The second-order valence-corrected chi connectivity index (χ2v) is 3.24. The van der Waals surface area contributed by atoms with Crippen LogP contribution in [0.15, 0.2) is 0 Å². The lowest BCUT2D eigenvalue weighted by Crippen LogP contribution is -2.32. The van der Waals surface area contributed by atoms with Gasteiger partial charge in [-0.2, -0.15) is 0 Å². The molecule has 0 aromatic carbocycles. The Balaban J connectivity index is 1.90. The van der Waals surface area contributed by atoms with Crippen LogP contribution in [-0.2, 0) is 4.74 Å². The summed E-state index contributed by atoms with van der Waals surface area (Å²) in [5, 5.41) is 0. The largest absolute Gasteiger partial charge is 0.378 e. The molecule has 0 N–H and O–H groups in total. The smallest absolute Gasteiger partial charge is 0.0603 e. The van der Waals surface area contributed by atoms with E-state index in [9.17, 15) is 0 Å². The second kappa shape index (κ2) is 2.30. The standard InChI is InChI=1S/C8H14O/c1-2-6-9-8-5-4-7(8)3-1/h7-8H,1-6H2. The topological polar surface area (TPSA) is 9.23 Å². The molecule has 1 heteroatoms. The zero-order chi connectivity index (χ0) is 6.10. The fourth-order valence-electron chi connectivity index (χ4n) is 1.83. The predicted molar refractivity (Wildman–Crippen MR) is 36.3 cm³/mol. The minimum atomic E-state index is 0.674. The van der Waals surface area contributed by atoms with Crippen molar-refractivity contribution in [3.05, 3.63) is 0 Å². The lowest BCUT2D eigenvalue weighted by atomic mass is 9.79. The van der Waals surface area contributed by atoms with Crippen LogP contribution in [0.1, 0.15) is 32.1 Å². The number of rotatable bonds is 0. The Morgan fingerprint density at radius 3 is 2.78 bits per heavy atom. The fraction of sp³-hybridized carbons (Fsp3) is 1.00. The van der Waals surface area contributed by atoms with Crippen LogP contribution in [0.25, 0.3) is 0 Å². The summed E-state index contributed by atoms with van der Waals surface area (Å²) in [5.74, 6) is 0.951. The van der Waals surface area contributed by atoms with E-state index in [1.165, 1.54) is 32.1 Å². The van der Waals surface area contributed by atoms with E-state index in [2.05, 4.69) is 0 Å². The molecule has 0 bridgehead atoms. The van der Waals surface area contributed by atoms with Gasteiger partial charge in [0.25, 0.3) is 0 Å². The lowest BCUT2D eigenvalue weighted by Gasteiger charge is -2.34. The number of fused-ring (bicyclic) bond motifs is 1. The van der Waals surface area contributed by atoms with E-state index in [4.69, 9.17) is 4.74 Å². The van der Waals surface area contributed by atoms with Gasteiger partial charge in [0, 0.05) is 6.61 Å². The van der Waals surface area contributed by atoms with E-state index in [1.54, 1.807) is 0 Å². The van der Waals surface area contributed by atoms with Crippen LogP contribution in [0.5, 0.6) is 0 Å². The minimum absolute atomic E-state index is 0.674. The Bertz CT molecular complexity index is 88.7. The van der Waals surface area contributed by atoms with Gasteiger partial charge < -0.3 is 4.74 Å². The third kappa shape index (κ3) is 0.983. The molecule has 2 rings (SSSR count). The molecule has 2 unspecified atom stereocenters. The number of hydrogen-bond acceptors (Lipinski definition) is 1. The van der Waals surface area contributed by atoms with Crippen LogP contribution in [0.3, 0.4) is 0 Å². The van der Waals surface area contributed by atoms with Gasteiger partial charge in [-0.1, -0.05) is 6.42 Å². The molecule has 0 amide bonds. The van der Waals surface area contributed by atoms with Crippen molar-refractivity contribution in [1.29, 1.82) is 0 Å². The molecule has 0 aromatic rings. The van der Waals surface area contributed by atoms with Crippen molar-refractivity contribution in [2.75, 3.05) is 6.61 Å². The Morgan fingerprint density at radius 2 is 2.00 bits per heavy atom. The van der Waals surface area contributed by atoms with Gasteiger partial charge in [-0.25, -0.2) is 0 Å². The van der Waals surface area contributed by atoms with E-state index in [0.29, 0.717) is 6.10 Å². The van der Waals surface area contributed by atoms with Gasteiger partial charge in [-0.05, 0) is 31.6 Å². The van der Waals surface area contributed by atoms with E-state index in [1.807, 2.05) is 0 Å². The zero-order valence-electron chi connectivity index (χ0n) is 5.81. The maximum atomic E-state index is 5.60. The summed E-state index contributed by atoms with van der Waals surface area (Å²) < 4.78 is 5.60. The first-order valence-electron chi connectivity index (χ1n) is 4.08. The molecule has 0 aromatic heterocycles. The van der Waals surface area contributed by atoms with E-state index in [-0.39, 0.29) is 0 Å². The van der Waals surface area contributed by atoms with Crippen LogP contribution >= 0.6 is 0 Å². The molecule has 1 nitrogen and oxygen atoms in total. The highest BCUT2D eigenvalue weighted by atomic mass is 16.5. The average Bonchev–Trinajstić information content (AvgIpc) is 1.94. The highest BCUT2D eigenvalue weighted by Crippen LogP contribution is 2.36. The lowest BCUT2D eigenvalue weighted by molar-refractivity contribution is -0.0335. The van der Waals surface area contributed by atoms with Crippen molar-refractivity contribution in [2.45, 2.75) is 38.2 Å². The highest BCUT2D eigenvalue weighted by Gasteiger charge is 2.32. The van der Waals surface area contributed by atoms with Gasteiger partial charge in [0.15, 0.2) is 0 Å². The quantitative estimate of drug-likeness (QED) is 0.482. The van der Waals surface area contributed by atoms with Gasteiger partial charge >= 0.3 is 0 Å². The van der Waals surface area contributed by atoms with E-state index in [0.717, 1.165) is 12.5 Å². The van der Waals surface area contributed by atoms with Crippen molar-refractivity contribution in [2.24, 2.45) is 5.92 Å². The first-order valence-corrected chi connectivity index (χ1v) is 4.08. The van der Waals surface area contributed by atoms with Crippen LogP contribution < -0.4 is 0 Å². The molecule has 1 aliphatic heterocycles. The zero-order valence-corrected chi connectivity index (χ0v) is 5.81. The molecule has 52 valence electrons. The summed E-state index contributed by atoms with van der Waals surface area (Å²) in [4.78, 5) is 0. The van der Waals surface area contributed by atoms with Crippen molar-refractivity contribution < 1.29 is 4.74 Å². The summed E-state index contributed by atoms with van der Waals surface area (Å²) in [6, 6.07) is 0. The molecule has 2 fully saturated rings. The maximum absolute atomic E-state index is 5.60. The second-order valence-electron chi connectivity index (χ2n) is 3.24. The monoisotopic (exact) mass is 126 g/mol. The van der Waals surface area contributed by atoms with Gasteiger partial charge in [-0.15, -0.1) is 0 Å². The minimum Gasteiger partial charge on any atom is -0.378 e. The van der Waals surface area contributed by atoms with Crippen molar-refractivity contribution in [3.8, 4) is 0 Å². The Hall–Kier alpha value is -0.0400. The van der Waals surface area contributed by atoms with Gasteiger partial charge in [-0.3, -0.25) is 0 Å². The van der Waals surface area contributed by atoms with E-state index < -0.39 is 0 Å². The summed E-state index contributed by atoms with van der Waals surface area (Å²) in [6.07, 6.45) is 7.58. The van der Waals surface area contributed by atoms with Crippen molar-refractivity contribution in [1.82, 2.24) is 0 Å². The molecule has 0 spiro atoms. The molecule has 2 aliphatic rings. The van der Waals surface area contributed by atoms with Gasteiger partial charge in [0.2, 0.25) is 0 Å². The number of hydrogen-bond donors (Lipinski definition) is 0. The first-order chi connectivity index (χ1) is 4.47. The van der Waals surface area contributed by atoms with Crippen LogP contribution in [0.2, 0.25) is 0 Å². The highest BCUT2D eigenvalue weighted by molar-refractivity contribution is 4.82. The third-order valence-corrected chi connectivity index (χ3v) is 2.65. The van der Waals surface area contributed by atoms with E-state index >= 15 is 0 Å². The van der Waals surface area contributed by atoms with Crippen LogP contribution in [-0.4, -0.2) is 12.7 Å². The third-order valence-electron chi connectivity index (χ3n) is 2.65. The summed E-state index contributed by atoms with van der Waals surface area (Å²) in [6.45, 7) is 1.03. The molecule has 1 saturated carbocycles. The summed E-state index contributed by atoms with van der Waals surface area (Å²) >= 11 is 0. The predicted octanol–water partition coefficient (Wildman–Crippen LogP) is 1.97. The van der Waals surface area contributed by atoms with Crippen molar-refractivity contribution >= 4 is 0 Å². The van der Waals surface area contributed by atoms with Crippen LogP contribution in [0, 0.1) is 5.92 Å². The normalized spacial score (nSPS) is 42.7. The molecule has 1 heterocycles. The van der Waals surface area contributed by atoms with Crippen molar-refractivity contribution in [3.63, 3.8) is 0 Å². The average molecular weight is 126 g/mol. The first kappa shape index (κ1) is 5.72. The molecule has 2 atom stereocenters. The maximum Gasteiger partial charge on any atom is 0.0603 e. The van der Waals surface area contributed by atoms with Gasteiger partial charge in [0.05, 0.1) is 6.10 Å².